The average molecular weight is 248 g/mol. The summed E-state index contributed by atoms with van der Waals surface area (Å²) in [6.45, 7) is 4.10. The monoisotopic (exact) mass is 248 g/mol. The van der Waals surface area contributed by atoms with Gasteiger partial charge in [0.2, 0.25) is 0 Å². The van der Waals surface area contributed by atoms with E-state index < -0.39 is 0 Å². The summed E-state index contributed by atoms with van der Waals surface area (Å²) >= 11 is 1.12. The van der Waals surface area contributed by atoms with Gasteiger partial charge in [0.25, 0.3) is 0 Å². The van der Waals surface area contributed by atoms with Gasteiger partial charge in [-0.2, -0.15) is 10.5 Å². The van der Waals surface area contributed by atoms with E-state index in [4.69, 9.17) is 11.5 Å². The molecule has 0 aliphatic carbocycles. The lowest BCUT2D eigenvalue weighted by molar-refractivity contribution is 0.434. The third kappa shape index (κ3) is 2.57. The van der Waals surface area contributed by atoms with Crippen LogP contribution in [-0.2, 0) is 0 Å². The maximum atomic E-state index is 9.17. The first-order valence-electron chi connectivity index (χ1n) is 5.54. The highest BCUT2D eigenvalue weighted by atomic mass is 32.2. The van der Waals surface area contributed by atoms with Crippen molar-refractivity contribution in [3.8, 4) is 12.1 Å². The SMILES string of the molecule is CCC[C@@H](C)C1C(C#N)=C(N)SC(N)=C1C#N. The van der Waals surface area contributed by atoms with Gasteiger partial charge in [0, 0.05) is 5.92 Å². The number of nitriles is 2. The van der Waals surface area contributed by atoms with Crippen molar-refractivity contribution in [1.82, 2.24) is 0 Å². The number of hydrogen-bond donors (Lipinski definition) is 2. The molecule has 4 nitrogen and oxygen atoms in total. The number of rotatable bonds is 3. The van der Waals surface area contributed by atoms with Gasteiger partial charge in [-0.15, -0.1) is 0 Å². The topological polar surface area (TPSA) is 99.6 Å². The van der Waals surface area contributed by atoms with Gasteiger partial charge in [0.15, 0.2) is 0 Å². The van der Waals surface area contributed by atoms with E-state index in [-0.39, 0.29) is 11.8 Å². The van der Waals surface area contributed by atoms with Gasteiger partial charge in [0.05, 0.1) is 33.3 Å². The van der Waals surface area contributed by atoms with Crippen LogP contribution in [0.15, 0.2) is 21.2 Å². The molecule has 0 fully saturated rings. The number of nitrogens with two attached hydrogens (primary N) is 2. The van der Waals surface area contributed by atoms with Crippen molar-refractivity contribution >= 4 is 11.8 Å². The van der Waals surface area contributed by atoms with Gasteiger partial charge in [-0.25, -0.2) is 0 Å². The summed E-state index contributed by atoms with van der Waals surface area (Å²) in [5.41, 5.74) is 12.6. The molecular formula is C12H16N4S. The predicted octanol–water partition coefficient (Wildman–Crippen LogP) is 2.17. The quantitative estimate of drug-likeness (QED) is 0.797. The Bertz CT molecular complexity index is 414. The molecule has 0 saturated heterocycles. The molecule has 1 heterocycles. The normalized spacial score (nSPS) is 18.8. The minimum Gasteiger partial charge on any atom is -0.392 e. The van der Waals surface area contributed by atoms with E-state index in [0.29, 0.717) is 21.2 Å². The number of thioether (sulfide) groups is 1. The maximum Gasteiger partial charge on any atom is 0.0981 e. The molecule has 0 unspecified atom stereocenters. The Morgan fingerprint density at radius 3 is 2.06 bits per heavy atom. The first-order chi connectivity index (χ1) is 8.06. The van der Waals surface area contributed by atoms with Crippen molar-refractivity contribution in [2.75, 3.05) is 0 Å². The fourth-order valence-corrected chi connectivity index (χ4v) is 2.92. The second-order valence-corrected chi connectivity index (χ2v) is 5.21. The highest BCUT2D eigenvalue weighted by Crippen LogP contribution is 2.41. The third-order valence-electron chi connectivity index (χ3n) is 2.93. The van der Waals surface area contributed by atoms with Crippen molar-refractivity contribution in [3.63, 3.8) is 0 Å². The Labute approximate surface area is 106 Å². The molecule has 0 aromatic heterocycles. The van der Waals surface area contributed by atoms with Crippen molar-refractivity contribution in [2.24, 2.45) is 23.3 Å². The maximum absolute atomic E-state index is 9.17. The van der Waals surface area contributed by atoms with Crippen LogP contribution >= 0.6 is 11.8 Å². The van der Waals surface area contributed by atoms with Crippen molar-refractivity contribution in [1.29, 1.82) is 10.5 Å². The summed E-state index contributed by atoms with van der Waals surface area (Å²) in [7, 11) is 0. The molecule has 0 amide bonds. The van der Waals surface area contributed by atoms with E-state index in [9.17, 15) is 10.5 Å². The second-order valence-electron chi connectivity index (χ2n) is 4.13. The van der Waals surface area contributed by atoms with Crippen molar-refractivity contribution < 1.29 is 0 Å². The molecule has 0 aromatic carbocycles. The molecule has 1 atom stereocenters. The molecule has 0 bridgehead atoms. The van der Waals surface area contributed by atoms with Gasteiger partial charge in [-0.05, 0) is 5.92 Å². The lowest BCUT2D eigenvalue weighted by atomic mass is 9.80. The molecule has 0 aromatic rings. The highest BCUT2D eigenvalue weighted by Gasteiger charge is 2.33. The fraction of sp³-hybridized carbons (Fsp3) is 0.500. The molecule has 4 N–H and O–H groups in total. The third-order valence-corrected chi connectivity index (χ3v) is 3.81. The van der Waals surface area contributed by atoms with Crippen LogP contribution in [-0.4, -0.2) is 0 Å². The molecule has 1 aliphatic heterocycles. The Hall–Kier alpha value is -1.59. The van der Waals surface area contributed by atoms with Crippen LogP contribution in [0.4, 0.5) is 0 Å². The lowest BCUT2D eigenvalue weighted by Gasteiger charge is -2.28. The Morgan fingerprint density at radius 2 is 1.71 bits per heavy atom. The van der Waals surface area contributed by atoms with Crippen LogP contribution in [0.25, 0.3) is 0 Å². The van der Waals surface area contributed by atoms with Crippen LogP contribution in [0.1, 0.15) is 26.7 Å². The van der Waals surface area contributed by atoms with Gasteiger partial charge in [-0.3, -0.25) is 0 Å². The zero-order chi connectivity index (χ0) is 13.0. The summed E-state index contributed by atoms with van der Waals surface area (Å²) in [6.07, 6.45) is 1.94. The first kappa shape index (κ1) is 13.5. The molecule has 5 heteroatoms. The highest BCUT2D eigenvalue weighted by molar-refractivity contribution is 8.06. The van der Waals surface area contributed by atoms with Crippen molar-refractivity contribution in [3.05, 3.63) is 21.2 Å². The molecule has 0 saturated carbocycles. The van der Waals surface area contributed by atoms with Gasteiger partial charge in [0.1, 0.15) is 0 Å². The summed E-state index contributed by atoms with van der Waals surface area (Å²) < 4.78 is 0. The van der Waals surface area contributed by atoms with E-state index in [1.165, 1.54) is 0 Å². The van der Waals surface area contributed by atoms with Crippen LogP contribution < -0.4 is 11.5 Å². The molecule has 90 valence electrons. The second kappa shape index (κ2) is 5.65. The Balaban J connectivity index is 3.21. The van der Waals surface area contributed by atoms with Crippen molar-refractivity contribution in [2.45, 2.75) is 26.7 Å². The van der Waals surface area contributed by atoms with Gasteiger partial charge < -0.3 is 11.5 Å². The van der Waals surface area contributed by atoms with E-state index in [1.54, 1.807) is 0 Å². The minimum atomic E-state index is -0.244. The lowest BCUT2D eigenvalue weighted by Crippen LogP contribution is -2.24. The van der Waals surface area contributed by atoms with Crippen LogP contribution in [0.3, 0.4) is 0 Å². The predicted molar refractivity (Wildman–Crippen MR) is 68.8 cm³/mol. The van der Waals surface area contributed by atoms with E-state index in [2.05, 4.69) is 19.1 Å². The molecular weight excluding hydrogens is 232 g/mol. The molecule has 0 spiro atoms. The number of nitrogens with zero attached hydrogens (tertiary/aromatic N) is 2. The minimum absolute atomic E-state index is 0.197. The van der Waals surface area contributed by atoms with Gasteiger partial charge in [-0.1, -0.05) is 38.5 Å². The summed E-state index contributed by atoms with van der Waals surface area (Å²) in [5, 5.41) is 19.2. The zero-order valence-electron chi connectivity index (χ0n) is 10.0. The first-order valence-corrected chi connectivity index (χ1v) is 6.35. The van der Waals surface area contributed by atoms with Crippen LogP contribution in [0.2, 0.25) is 0 Å². The largest absolute Gasteiger partial charge is 0.392 e. The van der Waals surface area contributed by atoms with E-state index in [1.807, 2.05) is 6.92 Å². The van der Waals surface area contributed by atoms with Crippen LogP contribution in [0.5, 0.6) is 0 Å². The number of hydrogen-bond acceptors (Lipinski definition) is 5. The van der Waals surface area contributed by atoms with E-state index in [0.717, 1.165) is 24.6 Å². The van der Waals surface area contributed by atoms with Gasteiger partial charge >= 0.3 is 0 Å². The summed E-state index contributed by atoms with van der Waals surface area (Å²) in [4.78, 5) is 0. The smallest absolute Gasteiger partial charge is 0.0981 e. The standard InChI is InChI=1S/C12H16N4S/c1-3-4-7(2)10-8(5-13)11(15)17-12(16)9(10)6-14/h7,10H,3-4,15-16H2,1-2H3/t7-/m1/s1. The molecule has 1 rings (SSSR count). The average Bonchev–Trinajstić information content (AvgIpc) is 2.28. The zero-order valence-corrected chi connectivity index (χ0v) is 10.8. The molecule has 17 heavy (non-hydrogen) atoms. The Morgan fingerprint density at radius 1 is 1.24 bits per heavy atom. The van der Waals surface area contributed by atoms with E-state index >= 15 is 0 Å². The summed E-state index contributed by atoms with van der Waals surface area (Å²) in [5.74, 6) is -0.0477. The summed E-state index contributed by atoms with van der Waals surface area (Å²) in [6, 6.07) is 4.24. The Kier molecular flexibility index (Phi) is 4.48. The number of allylic oxidation sites excluding steroid dienone is 2. The molecule has 0 radical (unpaired) electrons. The molecule has 1 aliphatic rings. The fourth-order valence-electron chi connectivity index (χ4n) is 2.12. The van der Waals surface area contributed by atoms with Crippen LogP contribution in [0, 0.1) is 34.5 Å².